The Bertz CT molecular complexity index is 734. The first kappa shape index (κ1) is 16.3. The number of hydrogen-bond acceptors (Lipinski definition) is 4. The smallest absolute Gasteiger partial charge is 0.411 e. The fourth-order valence-corrected chi connectivity index (χ4v) is 1.83. The number of methoxy groups -OCH3 is 2. The van der Waals surface area contributed by atoms with Crippen molar-refractivity contribution in [3.63, 3.8) is 0 Å². The summed E-state index contributed by atoms with van der Waals surface area (Å²) in [5, 5.41) is 4.84. The highest BCUT2D eigenvalue weighted by molar-refractivity contribution is 6.04. The molecule has 120 valence electrons. The maximum Gasteiger partial charge on any atom is 0.411 e. The Morgan fingerprint density at radius 3 is 2.52 bits per heavy atom. The van der Waals surface area contributed by atoms with Gasteiger partial charge in [0.2, 0.25) is 0 Å². The van der Waals surface area contributed by atoms with Gasteiger partial charge in [0.1, 0.15) is 11.6 Å². The number of halogens is 1. The van der Waals surface area contributed by atoms with Gasteiger partial charge in [-0.15, -0.1) is 0 Å². The maximum atomic E-state index is 13.6. The van der Waals surface area contributed by atoms with Crippen LogP contribution in [0.15, 0.2) is 42.5 Å². The van der Waals surface area contributed by atoms with Gasteiger partial charge in [-0.2, -0.15) is 0 Å². The minimum Gasteiger partial charge on any atom is -0.497 e. The van der Waals surface area contributed by atoms with Gasteiger partial charge in [-0.25, -0.2) is 9.18 Å². The van der Waals surface area contributed by atoms with Crippen LogP contribution in [0, 0.1) is 5.82 Å². The second-order valence-electron chi connectivity index (χ2n) is 4.50. The summed E-state index contributed by atoms with van der Waals surface area (Å²) in [6, 6.07) is 10.4. The first-order valence-corrected chi connectivity index (χ1v) is 6.63. The number of anilines is 2. The Hall–Kier alpha value is -3.09. The fraction of sp³-hybridized carbons (Fsp3) is 0.125. The number of hydrogen-bond donors (Lipinski definition) is 2. The van der Waals surface area contributed by atoms with Crippen LogP contribution in [0.1, 0.15) is 10.4 Å². The molecule has 0 aromatic heterocycles. The van der Waals surface area contributed by atoms with Crippen molar-refractivity contribution in [1.82, 2.24) is 0 Å². The summed E-state index contributed by atoms with van der Waals surface area (Å²) in [6.45, 7) is 0. The SMILES string of the molecule is COC(=O)Nc1cc(NC(=O)c2cccc(OC)c2)ccc1F. The second kappa shape index (κ2) is 7.26. The van der Waals surface area contributed by atoms with Crippen LogP contribution in [0.4, 0.5) is 20.6 Å². The molecule has 2 aromatic rings. The lowest BCUT2D eigenvalue weighted by Gasteiger charge is -2.10. The number of rotatable bonds is 4. The van der Waals surface area contributed by atoms with Crippen molar-refractivity contribution >= 4 is 23.4 Å². The molecule has 0 heterocycles. The predicted molar refractivity (Wildman–Crippen MR) is 83.4 cm³/mol. The third kappa shape index (κ3) is 4.19. The summed E-state index contributed by atoms with van der Waals surface area (Å²) in [5.74, 6) is -0.487. The minimum absolute atomic E-state index is 0.0970. The largest absolute Gasteiger partial charge is 0.497 e. The summed E-state index contributed by atoms with van der Waals surface area (Å²) in [7, 11) is 2.67. The van der Waals surface area contributed by atoms with Crippen LogP contribution in [-0.2, 0) is 4.74 Å². The molecule has 0 aliphatic heterocycles. The molecule has 2 N–H and O–H groups in total. The summed E-state index contributed by atoms with van der Waals surface area (Å²) in [4.78, 5) is 23.3. The predicted octanol–water partition coefficient (Wildman–Crippen LogP) is 3.26. The van der Waals surface area contributed by atoms with Crippen molar-refractivity contribution in [2.24, 2.45) is 0 Å². The van der Waals surface area contributed by atoms with Crippen molar-refractivity contribution in [3.8, 4) is 5.75 Å². The van der Waals surface area contributed by atoms with Gasteiger partial charge < -0.3 is 14.8 Å². The molecule has 6 nitrogen and oxygen atoms in total. The van der Waals surface area contributed by atoms with Gasteiger partial charge in [0.25, 0.3) is 5.91 Å². The van der Waals surface area contributed by atoms with E-state index < -0.39 is 11.9 Å². The highest BCUT2D eigenvalue weighted by Gasteiger charge is 2.11. The lowest BCUT2D eigenvalue weighted by atomic mass is 10.2. The number of amides is 2. The standard InChI is InChI=1S/C16H15FN2O4/c1-22-12-5-3-4-10(8-12)15(20)18-11-6-7-13(17)14(9-11)19-16(21)23-2/h3-9H,1-2H3,(H,18,20)(H,19,21). The number of ether oxygens (including phenoxy) is 2. The number of carbonyl (C=O) groups is 2. The van der Waals surface area contributed by atoms with Crippen molar-refractivity contribution < 1.29 is 23.5 Å². The third-order valence-corrected chi connectivity index (χ3v) is 2.98. The van der Waals surface area contributed by atoms with Gasteiger partial charge in [-0.1, -0.05) is 6.07 Å². The van der Waals surface area contributed by atoms with E-state index in [1.165, 1.54) is 26.4 Å². The molecule has 0 aliphatic carbocycles. The van der Waals surface area contributed by atoms with E-state index in [0.717, 1.165) is 6.07 Å². The first-order valence-electron chi connectivity index (χ1n) is 6.63. The van der Waals surface area contributed by atoms with Crippen LogP contribution >= 0.6 is 0 Å². The minimum atomic E-state index is -0.805. The maximum absolute atomic E-state index is 13.6. The molecule has 0 saturated heterocycles. The van der Waals surface area contributed by atoms with E-state index >= 15 is 0 Å². The highest BCUT2D eigenvalue weighted by atomic mass is 19.1. The molecule has 2 aromatic carbocycles. The molecular formula is C16H15FN2O4. The van der Waals surface area contributed by atoms with E-state index in [0.29, 0.717) is 17.0 Å². The molecule has 7 heteroatoms. The van der Waals surface area contributed by atoms with Crippen molar-refractivity contribution in [2.75, 3.05) is 24.9 Å². The number of nitrogens with one attached hydrogen (secondary N) is 2. The van der Waals surface area contributed by atoms with Gasteiger partial charge in [-0.05, 0) is 36.4 Å². The molecule has 0 saturated carbocycles. The average Bonchev–Trinajstić information content (AvgIpc) is 2.57. The van der Waals surface area contributed by atoms with Crippen molar-refractivity contribution in [2.45, 2.75) is 0 Å². The van der Waals surface area contributed by atoms with Crippen LogP contribution < -0.4 is 15.4 Å². The van der Waals surface area contributed by atoms with E-state index in [-0.39, 0.29) is 11.6 Å². The lowest BCUT2D eigenvalue weighted by molar-refractivity contribution is 0.102. The summed E-state index contributed by atoms with van der Waals surface area (Å²) in [5.41, 5.74) is 0.613. The first-order chi connectivity index (χ1) is 11.0. The van der Waals surface area contributed by atoms with Gasteiger partial charge >= 0.3 is 6.09 Å². The monoisotopic (exact) mass is 318 g/mol. The van der Waals surface area contributed by atoms with E-state index in [1.54, 1.807) is 24.3 Å². The van der Waals surface area contributed by atoms with Gasteiger partial charge in [-0.3, -0.25) is 10.1 Å². The summed E-state index contributed by atoms with van der Waals surface area (Å²) in [6.07, 6.45) is -0.805. The Balaban J connectivity index is 2.17. The average molecular weight is 318 g/mol. The van der Waals surface area contributed by atoms with Crippen LogP contribution in [0.5, 0.6) is 5.75 Å². The molecule has 0 bridgehead atoms. The second-order valence-corrected chi connectivity index (χ2v) is 4.50. The molecule has 0 unspecified atom stereocenters. The zero-order chi connectivity index (χ0) is 16.8. The lowest BCUT2D eigenvalue weighted by Crippen LogP contribution is -2.14. The molecule has 23 heavy (non-hydrogen) atoms. The van der Waals surface area contributed by atoms with Crippen LogP contribution in [0.2, 0.25) is 0 Å². The van der Waals surface area contributed by atoms with Gasteiger partial charge in [0, 0.05) is 11.3 Å². The summed E-state index contributed by atoms with van der Waals surface area (Å²) >= 11 is 0. The van der Waals surface area contributed by atoms with Gasteiger partial charge in [0.15, 0.2) is 0 Å². The fourth-order valence-electron chi connectivity index (χ4n) is 1.83. The zero-order valence-corrected chi connectivity index (χ0v) is 12.6. The van der Waals surface area contributed by atoms with E-state index in [2.05, 4.69) is 15.4 Å². The van der Waals surface area contributed by atoms with E-state index in [4.69, 9.17) is 4.74 Å². The topological polar surface area (TPSA) is 76.7 Å². The Labute approximate surface area is 132 Å². The van der Waals surface area contributed by atoms with Crippen molar-refractivity contribution in [1.29, 1.82) is 0 Å². The highest BCUT2D eigenvalue weighted by Crippen LogP contribution is 2.21. The Morgan fingerprint density at radius 2 is 1.83 bits per heavy atom. The van der Waals surface area contributed by atoms with E-state index in [9.17, 15) is 14.0 Å². The molecule has 2 amide bonds. The molecule has 0 spiro atoms. The third-order valence-electron chi connectivity index (χ3n) is 2.98. The van der Waals surface area contributed by atoms with Crippen LogP contribution in [0.3, 0.4) is 0 Å². The Morgan fingerprint density at radius 1 is 1.04 bits per heavy atom. The molecule has 2 rings (SSSR count). The molecule has 0 fully saturated rings. The summed E-state index contributed by atoms with van der Waals surface area (Å²) < 4.78 is 23.1. The molecule has 0 radical (unpaired) electrons. The van der Waals surface area contributed by atoms with Crippen molar-refractivity contribution in [3.05, 3.63) is 53.8 Å². The van der Waals surface area contributed by atoms with Crippen LogP contribution in [0.25, 0.3) is 0 Å². The quantitative estimate of drug-likeness (QED) is 0.907. The zero-order valence-electron chi connectivity index (χ0n) is 12.6. The molecular weight excluding hydrogens is 303 g/mol. The Kier molecular flexibility index (Phi) is 5.14. The normalized spacial score (nSPS) is 9.87. The number of benzene rings is 2. The molecule has 0 atom stereocenters. The number of carbonyl (C=O) groups excluding carboxylic acids is 2. The van der Waals surface area contributed by atoms with Crippen LogP contribution in [-0.4, -0.2) is 26.2 Å². The molecule has 0 aliphatic rings. The van der Waals surface area contributed by atoms with E-state index in [1.807, 2.05) is 0 Å². The van der Waals surface area contributed by atoms with Gasteiger partial charge in [0.05, 0.1) is 19.9 Å².